The molecule has 1 saturated carbocycles. The quantitative estimate of drug-likeness (QED) is 0.828. The maximum Gasteiger partial charge on any atom is 0.122 e. The monoisotopic (exact) mass is 277 g/mol. The van der Waals surface area contributed by atoms with Gasteiger partial charge in [-0.1, -0.05) is 0 Å². The van der Waals surface area contributed by atoms with Crippen LogP contribution in [0.3, 0.4) is 0 Å². The summed E-state index contributed by atoms with van der Waals surface area (Å²) in [7, 11) is 2.09. The first kappa shape index (κ1) is 14.1. The van der Waals surface area contributed by atoms with E-state index in [1.807, 2.05) is 12.4 Å². The summed E-state index contributed by atoms with van der Waals surface area (Å²) in [6.45, 7) is 7.55. The molecule has 3 rings (SSSR count). The molecule has 4 nitrogen and oxygen atoms in total. The second-order valence-electron chi connectivity index (χ2n) is 7.08. The lowest BCUT2D eigenvalue weighted by Gasteiger charge is -2.38. The van der Waals surface area contributed by atoms with E-state index in [0.717, 1.165) is 25.1 Å². The molecule has 0 radical (unpaired) electrons. The highest BCUT2D eigenvalue weighted by Crippen LogP contribution is 2.33. The Bertz CT molecular complexity index is 450. The molecule has 1 atom stereocenters. The second-order valence-corrected chi connectivity index (χ2v) is 7.08. The van der Waals surface area contributed by atoms with Crippen LogP contribution in [0.2, 0.25) is 0 Å². The van der Waals surface area contributed by atoms with E-state index >= 15 is 0 Å². The second kappa shape index (κ2) is 5.49. The Morgan fingerprint density at radius 1 is 1.40 bits per heavy atom. The summed E-state index contributed by atoms with van der Waals surface area (Å²) in [5.74, 6) is 1.95. The van der Waals surface area contributed by atoms with Crippen molar-refractivity contribution >= 4 is 0 Å². The fourth-order valence-electron chi connectivity index (χ4n) is 3.36. The molecule has 1 aromatic rings. The number of hydrogen-bond acceptors (Lipinski definition) is 3. The Balaban J connectivity index is 1.61. The molecule has 0 unspecified atom stereocenters. The highest BCUT2D eigenvalue weighted by atomic mass is 16.5. The molecular formula is C16H27N3O. The third-order valence-electron chi connectivity index (χ3n) is 4.62. The Hall–Kier alpha value is -0.870. The van der Waals surface area contributed by atoms with Crippen molar-refractivity contribution in [3.8, 4) is 0 Å². The highest BCUT2D eigenvalue weighted by molar-refractivity contribution is 4.95. The van der Waals surface area contributed by atoms with Crippen LogP contribution in [-0.2, 0) is 18.3 Å². The molecule has 4 heteroatoms. The number of rotatable bonds is 5. The number of aryl methyl sites for hydroxylation is 1. The summed E-state index contributed by atoms with van der Waals surface area (Å²) >= 11 is 0. The van der Waals surface area contributed by atoms with Crippen molar-refractivity contribution in [2.24, 2.45) is 13.0 Å². The van der Waals surface area contributed by atoms with Crippen molar-refractivity contribution in [1.29, 1.82) is 0 Å². The van der Waals surface area contributed by atoms with Gasteiger partial charge in [0.05, 0.1) is 12.1 Å². The van der Waals surface area contributed by atoms with Crippen molar-refractivity contribution in [2.45, 2.75) is 57.7 Å². The minimum absolute atomic E-state index is 0.0569. The van der Waals surface area contributed by atoms with E-state index in [4.69, 9.17) is 4.74 Å². The van der Waals surface area contributed by atoms with Crippen molar-refractivity contribution in [3.05, 3.63) is 18.2 Å². The van der Waals surface area contributed by atoms with Gasteiger partial charge < -0.3 is 9.30 Å². The zero-order chi connectivity index (χ0) is 14.2. The Labute approximate surface area is 122 Å². The maximum atomic E-state index is 5.84. The van der Waals surface area contributed by atoms with Gasteiger partial charge >= 0.3 is 0 Å². The van der Waals surface area contributed by atoms with Crippen LogP contribution in [0.4, 0.5) is 0 Å². The fraction of sp³-hybridized carbons (Fsp3) is 0.812. The molecule has 0 aromatic carbocycles. The summed E-state index contributed by atoms with van der Waals surface area (Å²) in [5, 5.41) is 0. The molecule has 2 fully saturated rings. The lowest BCUT2D eigenvalue weighted by atomic mass is 9.88. The Kier molecular flexibility index (Phi) is 3.87. The van der Waals surface area contributed by atoms with E-state index in [1.54, 1.807) is 0 Å². The zero-order valence-corrected chi connectivity index (χ0v) is 13.0. The molecule has 2 heterocycles. The van der Waals surface area contributed by atoms with Crippen LogP contribution in [0.15, 0.2) is 12.4 Å². The number of imidazole rings is 1. The van der Waals surface area contributed by atoms with Crippen LogP contribution in [0.25, 0.3) is 0 Å². The number of nitrogens with zero attached hydrogens (tertiary/aromatic N) is 3. The first-order chi connectivity index (χ1) is 9.53. The highest BCUT2D eigenvalue weighted by Gasteiger charge is 2.34. The van der Waals surface area contributed by atoms with Gasteiger partial charge in [0.25, 0.3) is 0 Å². The third kappa shape index (κ3) is 3.41. The standard InChI is InChI=1S/C16H27N3O/c1-16(2)10-13(6-9-20-16)11-19(14-4-5-14)12-15-17-7-8-18(15)3/h7-8,13-14H,4-6,9-12H2,1-3H3/t13-/m1/s1. The molecule has 2 aliphatic rings. The van der Waals surface area contributed by atoms with E-state index < -0.39 is 0 Å². The number of ether oxygens (including phenoxy) is 1. The average molecular weight is 277 g/mol. The molecule has 112 valence electrons. The summed E-state index contributed by atoms with van der Waals surface area (Å²) in [6.07, 6.45) is 9.04. The molecular weight excluding hydrogens is 250 g/mol. The molecule has 0 spiro atoms. The van der Waals surface area contributed by atoms with Gasteiger partial charge in [0.1, 0.15) is 5.82 Å². The predicted molar refractivity (Wildman–Crippen MR) is 79.4 cm³/mol. The summed E-state index contributed by atoms with van der Waals surface area (Å²) in [6, 6.07) is 0.789. The third-order valence-corrected chi connectivity index (χ3v) is 4.62. The van der Waals surface area contributed by atoms with Crippen LogP contribution < -0.4 is 0 Å². The van der Waals surface area contributed by atoms with Crippen LogP contribution in [0, 0.1) is 5.92 Å². The number of aromatic nitrogens is 2. The van der Waals surface area contributed by atoms with Crippen LogP contribution in [-0.4, -0.2) is 39.2 Å². The van der Waals surface area contributed by atoms with Gasteiger partial charge in [0.2, 0.25) is 0 Å². The maximum absolute atomic E-state index is 5.84. The van der Waals surface area contributed by atoms with E-state index in [2.05, 4.69) is 35.3 Å². The topological polar surface area (TPSA) is 30.3 Å². The number of hydrogen-bond donors (Lipinski definition) is 0. The lowest BCUT2D eigenvalue weighted by Crippen LogP contribution is -2.40. The van der Waals surface area contributed by atoms with Crippen molar-refractivity contribution in [3.63, 3.8) is 0 Å². The minimum Gasteiger partial charge on any atom is -0.376 e. The predicted octanol–water partition coefficient (Wildman–Crippen LogP) is 2.59. The summed E-state index contributed by atoms with van der Waals surface area (Å²) in [4.78, 5) is 7.13. The van der Waals surface area contributed by atoms with Crippen LogP contribution >= 0.6 is 0 Å². The Morgan fingerprint density at radius 2 is 2.20 bits per heavy atom. The normalized spacial score (nSPS) is 26.1. The van der Waals surface area contributed by atoms with Crippen molar-refractivity contribution < 1.29 is 4.74 Å². The molecule has 1 aliphatic heterocycles. The average Bonchev–Trinajstić information content (AvgIpc) is 3.13. The molecule has 0 N–H and O–H groups in total. The molecule has 1 saturated heterocycles. The lowest BCUT2D eigenvalue weighted by molar-refractivity contribution is -0.0776. The van der Waals surface area contributed by atoms with Gasteiger partial charge in [0.15, 0.2) is 0 Å². The van der Waals surface area contributed by atoms with Crippen molar-refractivity contribution in [1.82, 2.24) is 14.5 Å². The largest absolute Gasteiger partial charge is 0.376 e. The molecule has 1 aliphatic carbocycles. The van der Waals surface area contributed by atoms with E-state index in [-0.39, 0.29) is 5.60 Å². The van der Waals surface area contributed by atoms with Gasteiger partial charge in [-0.15, -0.1) is 0 Å². The minimum atomic E-state index is 0.0569. The van der Waals surface area contributed by atoms with Crippen LogP contribution in [0.5, 0.6) is 0 Å². The van der Waals surface area contributed by atoms with Gasteiger partial charge in [-0.25, -0.2) is 4.98 Å². The van der Waals surface area contributed by atoms with Gasteiger partial charge in [-0.3, -0.25) is 4.90 Å². The SMILES string of the molecule is Cn1ccnc1CN(C[C@@H]1CCOC(C)(C)C1)C1CC1. The summed E-state index contributed by atoms with van der Waals surface area (Å²) < 4.78 is 7.99. The molecule has 1 aromatic heterocycles. The van der Waals surface area contributed by atoms with Gasteiger partial charge in [-0.05, 0) is 45.4 Å². The molecule has 0 bridgehead atoms. The van der Waals surface area contributed by atoms with Gasteiger partial charge in [0, 0.05) is 38.6 Å². The summed E-state index contributed by atoms with van der Waals surface area (Å²) in [5.41, 5.74) is 0.0569. The van der Waals surface area contributed by atoms with Crippen molar-refractivity contribution in [2.75, 3.05) is 13.2 Å². The zero-order valence-electron chi connectivity index (χ0n) is 13.0. The van der Waals surface area contributed by atoms with E-state index in [9.17, 15) is 0 Å². The molecule has 0 amide bonds. The van der Waals surface area contributed by atoms with E-state index in [0.29, 0.717) is 0 Å². The molecule has 20 heavy (non-hydrogen) atoms. The van der Waals surface area contributed by atoms with Gasteiger partial charge in [-0.2, -0.15) is 0 Å². The fourth-order valence-corrected chi connectivity index (χ4v) is 3.36. The Morgan fingerprint density at radius 3 is 2.80 bits per heavy atom. The first-order valence-corrected chi connectivity index (χ1v) is 7.88. The van der Waals surface area contributed by atoms with Crippen LogP contribution in [0.1, 0.15) is 45.4 Å². The smallest absolute Gasteiger partial charge is 0.122 e. The van der Waals surface area contributed by atoms with E-state index in [1.165, 1.54) is 38.1 Å². The first-order valence-electron chi connectivity index (χ1n) is 7.88.